The van der Waals surface area contributed by atoms with E-state index >= 15 is 0 Å². The molecule has 1 atom stereocenters. The summed E-state index contributed by atoms with van der Waals surface area (Å²) in [4.78, 5) is 4.38. The van der Waals surface area contributed by atoms with E-state index in [4.69, 9.17) is 4.42 Å². The zero-order valence-electron chi connectivity index (χ0n) is 7.34. The zero-order valence-corrected chi connectivity index (χ0v) is 7.34. The Balaban J connectivity index is 2.11. The van der Waals surface area contributed by atoms with E-state index in [1.54, 1.807) is 6.26 Å². The number of nitrogens with one attached hydrogen (secondary N) is 1. The van der Waals surface area contributed by atoms with Gasteiger partial charge in [-0.3, -0.25) is 0 Å². The van der Waals surface area contributed by atoms with E-state index in [1.165, 1.54) is 6.42 Å². The molecule has 0 radical (unpaired) electrons. The molecular formula is C9H14N2O. The third-order valence-corrected chi connectivity index (χ3v) is 2.29. The molecule has 66 valence electrons. The monoisotopic (exact) mass is 166 g/mol. The summed E-state index contributed by atoms with van der Waals surface area (Å²) in [6.45, 7) is 3.18. The zero-order chi connectivity index (χ0) is 8.39. The van der Waals surface area contributed by atoms with Crippen LogP contribution in [0.5, 0.6) is 0 Å². The normalized spacial score (nSPS) is 23.2. The van der Waals surface area contributed by atoms with Crippen molar-refractivity contribution in [3.63, 3.8) is 0 Å². The molecule has 2 rings (SSSR count). The fourth-order valence-electron chi connectivity index (χ4n) is 1.54. The molecular weight excluding hydrogens is 152 g/mol. The van der Waals surface area contributed by atoms with Crippen LogP contribution < -0.4 is 5.32 Å². The summed E-state index contributed by atoms with van der Waals surface area (Å²) in [5.41, 5.74) is 1.05. The van der Waals surface area contributed by atoms with Gasteiger partial charge in [0.1, 0.15) is 6.26 Å². The first kappa shape index (κ1) is 7.80. The van der Waals surface area contributed by atoms with Gasteiger partial charge in [-0.2, -0.15) is 0 Å². The Morgan fingerprint density at radius 3 is 3.25 bits per heavy atom. The Morgan fingerprint density at radius 2 is 2.67 bits per heavy atom. The van der Waals surface area contributed by atoms with Crippen molar-refractivity contribution in [1.29, 1.82) is 0 Å². The van der Waals surface area contributed by atoms with Crippen LogP contribution in [0.1, 0.15) is 37.4 Å². The third kappa shape index (κ3) is 1.37. The molecule has 1 aliphatic rings. The fourth-order valence-corrected chi connectivity index (χ4v) is 1.54. The lowest BCUT2D eigenvalue weighted by Crippen LogP contribution is -2.13. The standard InChI is InChI=1S/C9H14N2O/c1-2-7-6-12-9(11-7)8-4-3-5-10-8/h6,8,10H,2-5H2,1H3. The Labute approximate surface area is 72.2 Å². The van der Waals surface area contributed by atoms with Crippen LogP contribution in [0, 0.1) is 0 Å². The molecule has 1 aromatic heterocycles. The van der Waals surface area contributed by atoms with Gasteiger partial charge in [-0.05, 0) is 25.8 Å². The fraction of sp³-hybridized carbons (Fsp3) is 0.667. The number of rotatable bonds is 2. The maximum atomic E-state index is 5.37. The van der Waals surface area contributed by atoms with Crippen molar-refractivity contribution in [2.24, 2.45) is 0 Å². The van der Waals surface area contributed by atoms with E-state index < -0.39 is 0 Å². The van der Waals surface area contributed by atoms with E-state index in [-0.39, 0.29) is 0 Å². The Morgan fingerprint density at radius 1 is 1.75 bits per heavy atom. The first-order chi connectivity index (χ1) is 5.90. The van der Waals surface area contributed by atoms with Gasteiger partial charge in [-0.15, -0.1) is 0 Å². The van der Waals surface area contributed by atoms with Crippen LogP contribution in [0.4, 0.5) is 0 Å². The molecule has 0 amide bonds. The van der Waals surface area contributed by atoms with Crippen LogP contribution in [0.15, 0.2) is 10.7 Å². The lowest BCUT2D eigenvalue weighted by molar-refractivity contribution is 0.429. The molecule has 3 heteroatoms. The first-order valence-corrected chi connectivity index (χ1v) is 4.58. The number of nitrogens with zero attached hydrogens (tertiary/aromatic N) is 1. The highest BCUT2D eigenvalue weighted by molar-refractivity contribution is 5.01. The molecule has 0 bridgehead atoms. The van der Waals surface area contributed by atoms with Gasteiger partial charge in [-0.25, -0.2) is 4.98 Å². The number of hydrogen-bond donors (Lipinski definition) is 1. The lowest BCUT2D eigenvalue weighted by Gasteiger charge is -2.02. The molecule has 1 N–H and O–H groups in total. The highest BCUT2D eigenvalue weighted by atomic mass is 16.3. The van der Waals surface area contributed by atoms with Crippen molar-refractivity contribution in [3.05, 3.63) is 17.8 Å². The molecule has 0 saturated carbocycles. The SMILES string of the molecule is CCc1coc(C2CCCN2)n1. The van der Waals surface area contributed by atoms with Crippen LogP contribution in [0.2, 0.25) is 0 Å². The van der Waals surface area contributed by atoms with Crippen LogP contribution in [0.3, 0.4) is 0 Å². The van der Waals surface area contributed by atoms with Gasteiger partial charge < -0.3 is 9.73 Å². The smallest absolute Gasteiger partial charge is 0.211 e. The lowest BCUT2D eigenvalue weighted by atomic mass is 10.2. The second-order valence-corrected chi connectivity index (χ2v) is 3.18. The molecule has 1 aromatic rings. The molecule has 1 saturated heterocycles. The molecule has 1 aliphatic heterocycles. The average molecular weight is 166 g/mol. The maximum absolute atomic E-state index is 5.37. The summed E-state index contributed by atoms with van der Waals surface area (Å²) in [6.07, 6.45) is 5.10. The molecule has 0 aromatic carbocycles. The van der Waals surface area contributed by atoms with Crippen LogP contribution in [0.25, 0.3) is 0 Å². The van der Waals surface area contributed by atoms with Crippen LogP contribution in [-0.4, -0.2) is 11.5 Å². The minimum absolute atomic E-state index is 0.366. The van der Waals surface area contributed by atoms with Gasteiger partial charge in [0.05, 0.1) is 11.7 Å². The quantitative estimate of drug-likeness (QED) is 0.726. The summed E-state index contributed by atoms with van der Waals surface area (Å²) in [7, 11) is 0. The molecule has 3 nitrogen and oxygen atoms in total. The van der Waals surface area contributed by atoms with Crippen molar-refractivity contribution in [1.82, 2.24) is 10.3 Å². The van der Waals surface area contributed by atoms with Gasteiger partial charge in [0, 0.05) is 0 Å². The van der Waals surface area contributed by atoms with Gasteiger partial charge in [-0.1, -0.05) is 6.92 Å². The molecule has 0 aliphatic carbocycles. The topological polar surface area (TPSA) is 38.1 Å². The summed E-state index contributed by atoms with van der Waals surface area (Å²) >= 11 is 0. The van der Waals surface area contributed by atoms with Gasteiger partial charge in [0.15, 0.2) is 0 Å². The molecule has 2 heterocycles. The number of aryl methyl sites for hydroxylation is 1. The van der Waals surface area contributed by atoms with E-state index in [2.05, 4.69) is 17.2 Å². The van der Waals surface area contributed by atoms with Gasteiger partial charge in [0.2, 0.25) is 5.89 Å². The number of hydrogen-bond acceptors (Lipinski definition) is 3. The van der Waals surface area contributed by atoms with Crippen molar-refractivity contribution in [2.45, 2.75) is 32.2 Å². The minimum atomic E-state index is 0.366. The van der Waals surface area contributed by atoms with Crippen LogP contribution in [-0.2, 0) is 6.42 Å². The minimum Gasteiger partial charge on any atom is -0.447 e. The summed E-state index contributed by atoms with van der Waals surface area (Å²) in [5, 5.41) is 3.35. The third-order valence-electron chi connectivity index (χ3n) is 2.29. The van der Waals surface area contributed by atoms with Crippen molar-refractivity contribution >= 4 is 0 Å². The summed E-state index contributed by atoms with van der Waals surface area (Å²) < 4.78 is 5.37. The second kappa shape index (κ2) is 3.27. The highest BCUT2D eigenvalue weighted by Crippen LogP contribution is 2.21. The van der Waals surface area contributed by atoms with E-state index in [1.807, 2.05) is 0 Å². The van der Waals surface area contributed by atoms with E-state index in [0.717, 1.165) is 31.0 Å². The number of oxazole rings is 1. The van der Waals surface area contributed by atoms with Gasteiger partial charge in [0.25, 0.3) is 0 Å². The first-order valence-electron chi connectivity index (χ1n) is 4.58. The Bertz CT molecular complexity index is 251. The molecule has 0 spiro atoms. The van der Waals surface area contributed by atoms with Crippen molar-refractivity contribution in [2.75, 3.05) is 6.54 Å². The average Bonchev–Trinajstić information content (AvgIpc) is 2.75. The predicted octanol–water partition coefficient (Wildman–Crippen LogP) is 1.66. The molecule has 12 heavy (non-hydrogen) atoms. The van der Waals surface area contributed by atoms with Crippen molar-refractivity contribution in [3.8, 4) is 0 Å². The summed E-state index contributed by atoms with van der Waals surface area (Å²) in [5.74, 6) is 0.865. The van der Waals surface area contributed by atoms with Crippen LogP contribution >= 0.6 is 0 Å². The predicted molar refractivity (Wildman–Crippen MR) is 45.9 cm³/mol. The largest absolute Gasteiger partial charge is 0.447 e. The molecule has 1 fully saturated rings. The van der Waals surface area contributed by atoms with E-state index in [0.29, 0.717) is 6.04 Å². The maximum Gasteiger partial charge on any atom is 0.211 e. The Hall–Kier alpha value is -0.830. The summed E-state index contributed by atoms with van der Waals surface area (Å²) in [6, 6.07) is 0.366. The second-order valence-electron chi connectivity index (χ2n) is 3.18. The van der Waals surface area contributed by atoms with Crippen molar-refractivity contribution < 1.29 is 4.42 Å². The van der Waals surface area contributed by atoms with Gasteiger partial charge >= 0.3 is 0 Å². The highest BCUT2D eigenvalue weighted by Gasteiger charge is 2.20. The Kier molecular flexibility index (Phi) is 2.13. The van der Waals surface area contributed by atoms with E-state index in [9.17, 15) is 0 Å². The molecule has 1 unspecified atom stereocenters. The number of aromatic nitrogens is 1.